The summed E-state index contributed by atoms with van der Waals surface area (Å²) in [6.07, 6.45) is 0.677. The third-order valence-electron chi connectivity index (χ3n) is 2.90. The maximum atomic E-state index is 13.5. The van der Waals surface area contributed by atoms with Gasteiger partial charge in [-0.3, -0.25) is 4.79 Å². The number of nitrogens with zero attached hydrogens (tertiary/aromatic N) is 1. The second kappa shape index (κ2) is 5.97. The zero-order valence-corrected chi connectivity index (χ0v) is 11.8. The monoisotopic (exact) mass is 277 g/mol. The Balaban J connectivity index is 2.33. The maximum Gasteiger partial charge on any atom is 0.150 e. The van der Waals surface area contributed by atoms with E-state index >= 15 is 0 Å². The first kappa shape index (κ1) is 13.7. The number of anilines is 1. The number of carbonyl (C=O) groups excluding carboxylic acids is 1. The number of halogens is 1. The molecular formula is C15H16FNOS. The Kier molecular flexibility index (Phi) is 4.32. The molecule has 1 aromatic heterocycles. The van der Waals surface area contributed by atoms with E-state index in [0.717, 1.165) is 12.2 Å². The molecule has 0 saturated carbocycles. The number of hydrogen-bond acceptors (Lipinski definition) is 3. The van der Waals surface area contributed by atoms with Gasteiger partial charge in [-0.05, 0) is 43.5 Å². The summed E-state index contributed by atoms with van der Waals surface area (Å²) in [7, 11) is 0. The zero-order valence-electron chi connectivity index (χ0n) is 11.0. The zero-order chi connectivity index (χ0) is 13.8. The predicted octanol–water partition coefficient (Wildman–Crippen LogP) is 4.11. The molecule has 0 atom stereocenters. The van der Waals surface area contributed by atoms with Crippen molar-refractivity contribution in [3.05, 3.63) is 52.0 Å². The van der Waals surface area contributed by atoms with Crippen molar-refractivity contribution in [2.75, 3.05) is 4.90 Å². The SMILES string of the molecule is CC(C)N(Cc1cccs1)c1cc(F)cc(C=O)c1. The Bertz CT molecular complexity index is 551. The first-order chi connectivity index (χ1) is 9.10. The topological polar surface area (TPSA) is 20.3 Å². The Morgan fingerprint density at radius 1 is 1.37 bits per heavy atom. The molecular weight excluding hydrogens is 261 g/mol. The second-order valence-electron chi connectivity index (χ2n) is 4.66. The standard InChI is InChI=1S/C15H16FNOS/c1-11(2)17(9-15-4-3-5-19-15)14-7-12(10-18)6-13(16)8-14/h3-8,10-11H,9H2,1-2H3. The van der Waals surface area contributed by atoms with E-state index in [1.54, 1.807) is 17.4 Å². The van der Waals surface area contributed by atoms with Crippen molar-refractivity contribution in [2.45, 2.75) is 26.4 Å². The molecule has 0 fully saturated rings. The van der Waals surface area contributed by atoms with E-state index in [9.17, 15) is 9.18 Å². The molecule has 0 saturated heterocycles. The summed E-state index contributed by atoms with van der Waals surface area (Å²) in [4.78, 5) is 14.1. The van der Waals surface area contributed by atoms with Crippen LogP contribution in [0.15, 0.2) is 35.7 Å². The molecule has 0 amide bonds. The van der Waals surface area contributed by atoms with Crippen molar-refractivity contribution in [1.29, 1.82) is 0 Å². The maximum absolute atomic E-state index is 13.5. The summed E-state index contributed by atoms with van der Waals surface area (Å²) in [5.41, 5.74) is 1.11. The van der Waals surface area contributed by atoms with Gasteiger partial charge in [0.05, 0.1) is 6.54 Å². The second-order valence-corrected chi connectivity index (χ2v) is 5.69. The van der Waals surface area contributed by atoms with Crippen LogP contribution in [0.2, 0.25) is 0 Å². The minimum Gasteiger partial charge on any atom is -0.364 e. The lowest BCUT2D eigenvalue weighted by Gasteiger charge is -2.28. The fourth-order valence-electron chi connectivity index (χ4n) is 1.97. The summed E-state index contributed by atoms with van der Waals surface area (Å²) < 4.78 is 13.5. The fourth-order valence-corrected chi connectivity index (χ4v) is 2.68. The van der Waals surface area contributed by atoms with Crippen LogP contribution in [0, 0.1) is 5.82 Å². The van der Waals surface area contributed by atoms with Gasteiger partial charge in [-0.15, -0.1) is 11.3 Å². The van der Waals surface area contributed by atoms with Gasteiger partial charge in [-0.1, -0.05) is 6.07 Å². The van der Waals surface area contributed by atoms with Gasteiger partial charge < -0.3 is 4.90 Å². The number of aldehydes is 1. The van der Waals surface area contributed by atoms with E-state index in [1.807, 2.05) is 11.4 Å². The van der Waals surface area contributed by atoms with E-state index < -0.39 is 0 Å². The third-order valence-corrected chi connectivity index (χ3v) is 3.76. The lowest BCUT2D eigenvalue weighted by atomic mass is 10.1. The van der Waals surface area contributed by atoms with Gasteiger partial charge in [0.25, 0.3) is 0 Å². The summed E-state index contributed by atoms with van der Waals surface area (Å²) in [6, 6.07) is 8.73. The summed E-state index contributed by atoms with van der Waals surface area (Å²) in [5, 5.41) is 2.02. The van der Waals surface area contributed by atoms with Crippen LogP contribution in [0.4, 0.5) is 10.1 Å². The van der Waals surface area contributed by atoms with E-state index in [1.165, 1.54) is 17.0 Å². The van der Waals surface area contributed by atoms with E-state index in [-0.39, 0.29) is 11.9 Å². The molecule has 0 aliphatic heterocycles. The average Bonchev–Trinajstić information content (AvgIpc) is 2.87. The number of rotatable bonds is 5. The molecule has 0 aliphatic carbocycles. The first-order valence-corrected chi connectivity index (χ1v) is 7.03. The molecule has 2 aromatic rings. The molecule has 0 aliphatic rings. The van der Waals surface area contributed by atoms with Gasteiger partial charge >= 0.3 is 0 Å². The van der Waals surface area contributed by atoms with Crippen molar-refractivity contribution in [3.63, 3.8) is 0 Å². The van der Waals surface area contributed by atoms with Gasteiger partial charge in [0, 0.05) is 22.2 Å². The minimum absolute atomic E-state index is 0.225. The number of thiophene rings is 1. The van der Waals surface area contributed by atoms with Crippen LogP contribution in [0.5, 0.6) is 0 Å². The van der Waals surface area contributed by atoms with Crippen molar-refractivity contribution in [1.82, 2.24) is 0 Å². The van der Waals surface area contributed by atoms with Gasteiger partial charge in [0.2, 0.25) is 0 Å². The Morgan fingerprint density at radius 2 is 2.16 bits per heavy atom. The smallest absolute Gasteiger partial charge is 0.150 e. The quantitative estimate of drug-likeness (QED) is 0.766. The number of benzene rings is 1. The first-order valence-electron chi connectivity index (χ1n) is 6.15. The summed E-state index contributed by atoms with van der Waals surface area (Å²) >= 11 is 1.67. The van der Waals surface area contributed by atoms with Crippen molar-refractivity contribution in [2.24, 2.45) is 0 Å². The number of hydrogen-bond donors (Lipinski definition) is 0. The summed E-state index contributed by atoms with van der Waals surface area (Å²) in [6.45, 7) is 4.83. The number of carbonyl (C=O) groups is 1. The van der Waals surface area contributed by atoms with Gasteiger partial charge in [-0.2, -0.15) is 0 Å². The molecule has 0 N–H and O–H groups in total. The average molecular weight is 277 g/mol. The van der Waals surface area contributed by atoms with Crippen LogP contribution in [-0.2, 0) is 6.54 Å². The highest BCUT2D eigenvalue weighted by Gasteiger charge is 2.13. The molecule has 0 unspecified atom stereocenters. The highest BCUT2D eigenvalue weighted by atomic mass is 32.1. The van der Waals surface area contributed by atoms with E-state index in [0.29, 0.717) is 11.8 Å². The highest BCUT2D eigenvalue weighted by Crippen LogP contribution is 2.24. The molecule has 1 aromatic carbocycles. The van der Waals surface area contributed by atoms with Crippen molar-refractivity contribution in [3.8, 4) is 0 Å². The van der Waals surface area contributed by atoms with Crippen molar-refractivity contribution < 1.29 is 9.18 Å². The van der Waals surface area contributed by atoms with Crippen LogP contribution in [0.1, 0.15) is 29.1 Å². The van der Waals surface area contributed by atoms with Crippen LogP contribution in [-0.4, -0.2) is 12.3 Å². The third kappa shape index (κ3) is 3.41. The lowest BCUT2D eigenvalue weighted by Crippen LogP contribution is -2.29. The lowest BCUT2D eigenvalue weighted by molar-refractivity contribution is 0.112. The van der Waals surface area contributed by atoms with Gasteiger partial charge in [0.15, 0.2) is 0 Å². The van der Waals surface area contributed by atoms with Crippen LogP contribution in [0.3, 0.4) is 0 Å². The highest BCUT2D eigenvalue weighted by molar-refractivity contribution is 7.09. The molecule has 1 heterocycles. The predicted molar refractivity (Wildman–Crippen MR) is 77.4 cm³/mol. The fraction of sp³-hybridized carbons (Fsp3) is 0.267. The van der Waals surface area contributed by atoms with Crippen LogP contribution < -0.4 is 4.90 Å². The normalized spacial score (nSPS) is 10.7. The molecule has 0 radical (unpaired) electrons. The molecule has 4 heteroatoms. The Hall–Kier alpha value is -1.68. The molecule has 2 nitrogen and oxygen atoms in total. The minimum atomic E-state index is -0.378. The van der Waals surface area contributed by atoms with E-state index in [2.05, 4.69) is 24.8 Å². The molecule has 0 bridgehead atoms. The van der Waals surface area contributed by atoms with Crippen LogP contribution >= 0.6 is 11.3 Å². The summed E-state index contributed by atoms with van der Waals surface area (Å²) in [5.74, 6) is -0.378. The molecule has 19 heavy (non-hydrogen) atoms. The van der Waals surface area contributed by atoms with Crippen molar-refractivity contribution >= 4 is 23.3 Å². The molecule has 100 valence electrons. The van der Waals surface area contributed by atoms with Crippen LogP contribution in [0.25, 0.3) is 0 Å². The Labute approximate surface area is 116 Å². The molecule has 0 spiro atoms. The molecule has 2 rings (SSSR count). The Morgan fingerprint density at radius 3 is 2.74 bits per heavy atom. The largest absolute Gasteiger partial charge is 0.364 e. The van der Waals surface area contributed by atoms with Gasteiger partial charge in [-0.25, -0.2) is 4.39 Å². The van der Waals surface area contributed by atoms with E-state index in [4.69, 9.17) is 0 Å². The van der Waals surface area contributed by atoms with Gasteiger partial charge in [0.1, 0.15) is 12.1 Å².